The van der Waals surface area contributed by atoms with E-state index in [0.717, 1.165) is 5.56 Å². The van der Waals surface area contributed by atoms with Crippen molar-refractivity contribution in [2.45, 2.75) is 45.1 Å². The van der Waals surface area contributed by atoms with Crippen LogP contribution in [0.2, 0.25) is 0 Å². The van der Waals surface area contributed by atoms with Crippen LogP contribution in [0.5, 0.6) is 0 Å². The maximum absolute atomic E-state index is 13.2. The molecule has 0 bridgehead atoms. The van der Waals surface area contributed by atoms with Gasteiger partial charge in [0.2, 0.25) is 0 Å². The molecule has 0 radical (unpaired) electrons. The van der Waals surface area contributed by atoms with Crippen LogP contribution in [0.4, 0.5) is 4.39 Å². The number of rotatable bonds is 2. The second-order valence-corrected chi connectivity index (χ2v) is 4.93. The highest BCUT2D eigenvalue weighted by molar-refractivity contribution is 5.85. The third-order valence-electron chi connectivity index (χ3n) is 3.72. The van der Waals surface area contributed by atoms with E-state index in [1.807, 2.05) is 12.1 Å². The van der Waals surface area contributed by atoms with Gasteiger partial charge in [0.1, 0.15) is 5.82 Å². The number of hydrogen-bond acceptors (Lipinski definition) is 1. The summed E-state index contributed by atoms with van der Waals surface area (Å²) in [4.78, 5) is 0. The Bertz CT molecular complexity index is 361. The van der Waals surface area contributed by atoms with E-state index in [-0.39, 0.29) is 24.3 Å². The lowest BCUT2D eigenvalue weighted by Gasteiger charge is -2.28. The maximum atomic E-state index is 13.2. The first-order chi connectivity index (χ1) is 7.68. The molecular formula is C14H21ClFN. The van der Waals surface area contributed by atoms with Crippen LogP contribution >= 0.6 is 12.4 Å². The van der Waals surface area contributed by atoms with Crippen molar-refractivity contribution in [1.29, 1.82) is 0 Å². The third kappa shape index (κ3) is 3.43. The monoisotopic (exact) mass is 257 g/mol. The first-order valence-electron chi connectivity index (χ1n) is 6.20. The van der Waals surface area contributed by atoms with Crippen molar-refractivity contribution in [3.8, 4) is 0 Å². The largest absolute Gasteiger partial charge is 0.324 e. The molecule has 1 fully saturated rings. The minimum Gasteiger partial charge on any atom is -0.324 e. The summed E-state index contributed by atoms with van der Waals surface area (Å²) < 4.78 is 13.2. The minimum absolute atomic E-state index is 0. The van der Waals surface area contributed by atoms with E-state index in [0.29, 0.717) is 11.5 Å². The summed E-state index contributed by atoms with van der Waals surface area (Å²) in [5.41, 5.74) is 8.05. The topological polar surface area (TPSA) is 26.0 Å². The van der Waals surface area contributed by atoms with Crippen LogP contribution in [0.1, 0.15) is 49.3 Å². The van der Waals surface area contributed by atoms with Crippen LogP contribution in [0.3, 0.4) is 0 Å². The zero-order valence-electron chi connectivity index (χ0n) is 10.3. The Morgan fingerprint density at radius 2 is 1.88 bits per heavy atom. The average molecular weight is 258 g/mol. The smallest absolute Gasteiger partial charge is 0.126 e. The number of benzene rings is 1. The van der Waals surface area contributed by atoms with Crippen molar-refractivity contribution >= 4 is 12.4 Å². The van der Waals surface area contributed by atoms with Crippen molar-refractivity contribution in [3.63, 3.8) is 0 Å². The molecule has 17 heavy (non-hydrogen) atoms. The van der Waals surface area contributed by atoms with Gasteiger partial charge < -0.3 is 5.73 Å². The second-order valence-electron chi connectivity index (χ2n) is 4.93. The third-order valence-corrected chi connectivity index (χ3v) is 3.72. The van der Waals surface area contributed by atoms with Crippen molar-refractivity contribution in [2.24, 2.45) is 11.7 Å². The van der Waals surface area contributed by atoms with E-state index in [2.05, 4.69) is 0 Å². The number of nitrogens with two attached hydrogens (primary N) is 1. The Kier molecular flexibility index (Phi) is 5.41. The maximum Gasteiger partial charge on any atom is 0.126 e. The quantitative estimate of drug-likeness (QED) is 0.847. The summed E-state index contributed by atoms with van der Waals surface area (Å²) in [5, 5.41) is 0. The number of aryl methyl sites for hydroxylation is 1. The molecule has 0 heterocycles. The molecule has 0 spiro atoms. The lowest BCUT2D eigenvalue weighted by Crippen LogP contribution is -2.23. The van der Waals surface area contributed by atoms with Crippen LogP contribution in [0, 0.1) is 18.7 Å². The number of hydrogen-bond donors (Lipinski definition) is 1. The Morgan fingerprint density at radius 1 is 1.24 bits per heavy atom. The zero-order valence-corrected chi connectivity index (χ0v) is 11.1. The molecule has 0 unspecified atom stereocenters. The summed E-state index contributed by atoms with van der Waals surface area (Å²) in [6.07, 6.45) is 6.36. The van der Waals surface area contributed by atoms with E-state index in [9.17, 15) is 4.39 Å². The van der Waals surface area contributed by atoms with Gasteiger partial charge in [-0.3, -0.25) is 0 Å². The Hall–Kier alpha value is -0.600. The minimum atomic E-state index is -0.139. The molecule has 1 nitrogen and oxygen atoms in total. The average Bonchev–Trinajstić information content (AvgIpc) is 2.33. The predicted octanol–water partition coefficient (Wildman–Crippen LogP) is 4.14. The SMILES string of the molecule is Cc1cc([C@H](N)C2CCCCC2)ccc1F.Cl. The molecule has 0 saturated heterocycles. The molecule has 3 heteroatoms. The van der Waals surface area contributed by atoms with Gasteiger partial charge in [-0.1, -0.05) is 31.4 Å². The molecule has 1 aliphatic carbocycles. The van der Waals surface area contributed by atoms with Crippen LogP contribution in [-0.4, -0.2) is 0 Å². The molecule has 0 amide bonds. The first-order valence-corrected chi connectivity index (χ1v) is 6.20. The zero-order chi connectivity index (χ0) is 11.5. The Balaban J connectivity index is 0.00000144. The van der Waals surface area contributed by atoms with Gasteiger partial charge in [0, 0.05) is 6.04 Å². The van der Waals surface area contributed by atoms with Gasteiger partial charge in [0.05, 0.1) is 0 Å². The van der Waals surface area contributed by atoms with Crippen LogP contribution in [-0.2, 0) is 0 Å². The van der Waals surface area contributed by atoms with E-state index in [4.69, 9.17) is 5.73 Å². The Labute approximate surface area is 109 Å². The molecular weight excluding hydrogens is 237 g/mol. The van der Waals surface area contributed by atoms with Gasteiger partial charge in [0.25, 0.3) is 0 Å². The second kappa shape index (κ2) is 6.36. The van der Waals surface area contributed by atoms with Crippen LogP contribution in [0.25, 0.3) is 0 Å². The molecule has 0 aromatic heterocycles. The highest BCUT2D eigenvalue weighted by Crippen LogP contribution is 2.33. The molecule has 96 valence electrons. The molecule has 0 aliphatic heterocycles. The van der Waals surface area contributed by atoms with Crippen LogP contribution in [0.15, 0.2) is 18.2 Å². The molecule has 1 saturated carbocycles. The van der Waals surface area contributed by atoms with Gasteiger partial charge >= 0.3 is 0 Å². The Morgan fingerprint density at radius 3 is 2.47 bits per heavy atom. The molecule has 2 rings (SSSR count). The van der Waals surface area contributed by atoms with E-state index in [1.54, 1.807) is 6.92 Å². The molecule has 2 N–H and O–H groups in total. The standard InChI is InChI=1S/C14H20FN.ClH/c1-10-9-12(7-8-13(10)15)14(16)11-5-3-2-4-6-11;/h7-9,11,14H,2-6,16H2,1H3;1H/t14-;/m1./s1. The fraction of sp³-hybridized carbons (Fsp3) is 0.571. The van der Waals surface area contributed by atoms with Crippen LogP contribution < -0.4 is 5.73 Å². The van der Waals surface area contributed by atoms with E-state index in [1.165, 1.54) is 38.2 Å². The summed E-state index contributed by atoms with van der Waals surface area (Å²) in [7, 11) is 0. The fourth-order valence-electron chi connectivity index (χ4n) is 2.64. The van der Waals surface area contributed by atoms with Gasteiger partial charge in [-0.15, -0.1) is 12.4 Å². The lowest BCUT2D eigenvalue weighted by atomic mass is 9.81. The lowest BCUT2D eigenvalue weighted by molar-refractivity contribution is 0.308. The van der Waals surface area contributed by atoms with Gasteiger partial charge in [-0.2, -0.15) is 0 Å². The highest BCUT2D eigenvalue weighted by atomic mass is 35.5. The molecule has 1 aromatic rings. The molecule has 1 aromatic carbocycles. The summed E-state index contributed by atoms with van der Waals surface area (Å²) in [6, 6.07) is 5.35. The van der Waals surface area contributed by atoms with Gasteiger partial charge in [-0.25, -0.2) is 4.39 Å². The van der Waals surface area contributed by atoms with Gasteiger partial charge in [0.15, 0.2) is 0 Å². The molecule has 1 atom stereocenters. The fourth-order valence-corrected chi connectivity index (χ4v) is 2.64. The summed E-state index contributed by atoms with van der Waals surface area (Å²) in [5.74, 6) is 0.443. The predicted molar refractivity (Wildman–Crippen MR) is 71.9 cm³/mol. The normalized spacial score (nSPS) is 18.5. The first kappa shape index (κ1) is 14.5. The van der Waals surface area contributed by atoms with Gasteiger partial charge in [-0.05, 0) is 42.9 Å². The highest BCUT2D eigenvalue weighted by Gasteiger charge is 2.21. The summed E-state index contributed by atoms with van der Waals surface area (Å²) >= 11 is 0. The van der Waals surface area contributed by atoms with Crippen molar-refractivity contribution in [2.75, 3.05) is 0 Å². The van der Waals surface area contributed by atoms with Crippen molar-refractivity contribution in [3.05, 3.63) is 35.1 Å². The molecule has 1 aliphatic rings. The van der Waals surface area contributed by atoms with Crippen molar-refractivity contribution in [1.82, 2.24) is 0 Å². The van der Waals surface area contributed by atoms with E-state index >= 15 is 0 Å². The summed E-state index contributed by atoms with van der Waals surface area (Å²) in [6.45, 7) is 1.80. The van der Waals surface area contributed by atoms with E-state index < -0.39 is 0 Å². The number of halogens is 2. The van der Waals surface area contributed by atoms with Crippen molar-refractivity contribution < 1.29 is 4.39 Å².